The Morgan fingerprint density at radius 1 is 1.50 bits per heavy atom. The number of nitrogens with zero attached hydrogens (tertiary/aromatic N) is 1. The molecule has 1 aromatic heterocycles. The second-order valence-corrected chi connectivity index (χ2v) is 3.24. The summed E-state index contributed by atoms with van der Waals surface area (Å²) in [6.07, 6.45) is 0.730. The number of hydrogen-bond donors (Lipinski definition) is 1. The molecule has 3 nitrogen and oxygen atoms in total. The minimum Gasteiger partial charge on any atom is -0.446 e. The van der Waals surface area contributed by atoms with Crippen LogP contribution in [-0.2, 0) is 6.42 Å². The lowest BCUT2D eigenvalue weighted by Crippen LogP contribution is -2.02. The molecule has 0 unspecified atom stereocenters. The summed E-state index contributed by atoms with van der Waals surface area (Å²) in [5.41, 5.74) is 6.45. The Morgan fingerprint density at radius 2 is 2.17 bits per heavy atom. The highest BCUT2D eigenvalue weighted by molar-refractivity contribution is 5.12. The van der Waals surface area contributed by atoms with Crippen LogP contribution < -0.4 is 5.73 Å². The van der Waals surface area contributed by atoms with Gasteiger partial charge in [-0.05, 0) is 12.8 Å². The van der Waals surface area contributed by atoms with Gasteiger partial charge in [0.25, 0.3) is 0 Å². The zero-order valence-electron chi connectivity index (χ0n) is 7.92. The fraction of sp³-hybridized carbons (Fsp3) is 0.667. The van der Waals surface area contributed by atoms with Gasteiger partial charge in [0, 0.05) is 13.0 Å². The molecule has 0 atom stereocenters. The summed E-state index contributed by atoms with van der Waals surface area (Å²) in [7, 11) is 0. The minimum atomic E-state index is 0.431. The normalized spacial score (nSPS) is 11.1. The fourth-order valence-corrected chi connectivity index (χ4v) is 1.23. The highest BCUT2D eigenvalue weighted by atomic mass is 16.4. The first kappa shape index (κ1) is 9.26. The van der Waals surface area contributed by atoms with Gasteiger partial charge in [0.1, 0.15) is 5.76 Å². The summed E-state index contributed by atoms with van der Waals surface area (Å²) in [5, 5.41) is 0. The molecule has 0 aliphatic carbocycles. The maximum Gasteiger partial charge on any atom is 0.195 e. The van der Waals surface area contributed by atoms with Crippen molar-refractivity contribution in [2.24, 2.45) is 5.73 Å². The average molecular weight is 168 g/mol. The molecule has 0 fully saturated rings. The molecule has 3 heteroatoms. The lowest BCUT2D eigenvalue weighted by atomic mass is 10.1. The van der Waals surface area contributed by atoms with Crippen LogP contribution in [0.15, 0.2) is 4.42 Å². The molecule has 0 radical (unpaired) electrons. The number of aromatic nitrogens is 1. The predicted molar refractivity (Wildman–Crippen MR) is 48.1 cm³/mol. The van der Waals surface area contributed by atoms with E-state index in [2.05, 4.69) is 18.8 Å². The van der Waals surface area contributed by atoms with E-state index in [9.17, 15) is 0 Å². The molecule has 0 saturated heterocycles. The first-order valence-corrected chi connectivity index (χ1v) is 4.31. The second kappa shape index (κ2) is 3.72. The van der Waals surface area contributed by atoms with Crippen molar-refractivity contribution in [3.8, 4) is 0 Å². The van der Waals surface area contributed by atoms with Crippen molar-refractivity contribution in [2.45, 2.75) is 33.1 Å². The SMILES string of the molecule is Cc1oc(CCN)nc1C(C)C. The molecule has 1 heterocycles. The van der Waals surface area contributed by atoms with Crippen LogP contribution in [0.3, 0.4) is 0 Å². The van der Waals surface area contributed by atoms with Crippen molar-refractivity contribution in [3.63, 3.8) is 0 Å². The van der Waals surface area contributed by atoms with Crippen molar-refractivity contribution < 1.29 is 4.42 Å². The standard InChI is InChI=1S/C9H16N2O/c1-6(2)9-7(3)12-8(11-9)4-5-10/h6H,4-5,10H2,1-3H3. The Kier molecular flexibility index (Phi) is 2.87. The quantitative estimate of drug-likeness (QED) is 0.746. The Morgan fingerprint density at radius 3 is 2.58 bits per heavy atom. The lowest BCUT2D eigenvalue weighted by molar-refractivity contribution is 0.471. The van der Waals surface area contributed by atoms with Gasteiger partial charge in [0.05, 0.1) is 5.69 Å². The lowest BCUT2D eigenvalue weighted by Gasteiger charge is -1.97. The minimum absolute atomic E-state index is 0.431. The topological polar surface area (TPSA) is 52.0 Å². The molecule has 0 amide bonds. The van der Waals surface area contributed by atoms with Crippen LogP contribution in [0.4, 0.5) is 0 Å². The molecule has 0 aliphatic heterocycles. The van der Waals surface area contributed by atoms with E-state index in [1.807, 2.05) is 6.92 Å². The molecule has 2 N–H and O–H groups in total. The highest BCUT2D eigenvalue weighted by Gasteiger charge is 2.11. The molecule has 0 bridgehead atoms. The van der Waals surface area contributed by atoms with Crippen LogP contribution in [0, 0.1) is 6.92 Å². The van der Waals surface area contributed by atoms with E-state index in [0.717, 1.165) is 23.8 Å². The largest absolute Gasteiger partial charge is 0.446 e. The average Bonchev–Trinajstić information content (AvgIpc) is 2.32. The maximum atomic E-state index is 5.43. The van der Waals surface area contributed by atoms with Gasteiger partial charge in [-0.15, -0.1) is 0 Å². The van der Waals surface area contributed by atoms with Crippen LogP contribution in [-0.4, -0.2) is 11.5 Å². The molecule has 0 aromatic carbocycles. The smallest absolute Gasteiger partial charge is 0.195 e. The summed E-state index contributed by atoms with van der Waals surface area (Å²) in [6, 6.07) is 0. The van der Waals surface area contributed by atoms with Gasteiger partial charge in [-0.1, -0.05) is 13.8 Å². The van der Waals surface area contributed by atoms with Gasteiger partial charge in [-0.3, -0.25) is 0 Å². The van der Waals surface area contributed by atoms with Gasteiger partial charge < -0.3 is 10.2 Å². The molecule has 12 heavy (non-hydrogen) atoms. The van der Waals surface area contributed by atoms with Crippen LogP contribution >= 0.6 is 0 Å². The maximum absolute atomic E-state index is 5.43. The number of nitrogens with two attached hydrogens (primary N) is 1. The van der Waals surface area contributed by atoms with Crippen LogP contribution in [0.5, 0.6) is 0 Å². The fourth-order valence-electron chi connectivity index (χ4n) is 1.23. The number of oxazole rings is 1. The number of hydrogen-bond acceptors (Lipinski definition) is 3. The van der Waals surface area contributed by atoms with Crippen LogP contribution in [0.2, 0.25) is 0 Å². The summed E-state index contributed by atoms with van der Waals surface area (Å²) in [6.45, 7) is 6.76. The summed E-state index contributed by atoms with van der Waals surface area (Å²) in [5.74, 6) is 2.12. The molecule has 1 rings (SSSR count). The summed E-state index contributed by atoms with van der Waals surface area (Å²) < 4.78 is 5.43. The van der Waals surface area contributed by atoms with E-state index in [-0.39, 0.29) is 0 Å². The van der Waals surface area contributed by atoms with Crippen molar-refractivity contribution in [3.05, 3.63) is 17.3 Å². The zero-order valence-corrected chi connectivity index (χ0v) is 7.92. The van der Waals surface area contributed by atoms with Gasteiger partial charge in [-0.2, -0.15) is 0 Å². The van der Waals surface area contributed by atoms with E-state index < -0.39 is 0 Å². The monoisotopic (exact) mass is 168 g/mol. The first-order valence-electron chi connectivity index (χ1n) is 4.31. The van der Waals surface area contributed by atoms with E-state index in [1.54, 1.807) is 0 Å². The van der Waals surface area contributed by atoms with Crippen molar-refractivity contribution in [2.75, 3.05) is 6.54 Å². The Labute approximate surface area is 73.0 Å². The predicted octanol–water partition coefficient (Wildman–Crippen LogP) is 1.61. The van der Waals surface area contributed by atoms with Gasteiger partial charge in [-0.25, -0.2) is 4.98 Å². The molecule has 0 saturated carbocycles. The third-order valence-electron chi connectivity index (χ3n) is 1.78. The van der Waals surface area contributed by atoms with Crippen molar-refractivity contribution in [1.29, 1.82) is 0 Å². The van der Waals surface area contributed by atoms with E-state index in [1.165, 1.54) is 0 Å². The van der Waals surface area contributed by atoms with Crippen LogP contribution in [0.1, 0.15) is 37.1 Å². The van der Waals surface area contributed by atoms with Gasteiger partial charge in [0.2, 0.25) is 0 Å². The molecule has 68 valence electrons. The van der Waals surface area contributed by atoms with Crippen LogP contribution in [0.25, 0.3) is 0 Å². The molecule has 0 spiro atoms. The summed E-state index contributed by atoms with van der Waals surface area (Å²) in [4.78, 5) is 4.35. The van der Waals surface area contributed by atoms with Gasteiger partial charge >= 0.3 is 0 Å². The van der Waals surface area contributed by atoms with Crippen molar-refractivity contribution >= 4 is 0 Å². The Hall–Kier alpha value is -0.830. The highest BCUT2D eigenvalue weighted by Crippen LogP contribution is 2.18. The van der Waals surface area contributed by atoms with E-state index >= 15 is 0 Å². The first-order chi connectivity index (χ1) is 5.65. The van der Waals surface area contributed by atoms with Crippen molar-refractivity contribution in [1.82, 2.24) is 4.98 Å². The Balaban J connectivity index is 2.85. The molecule has 1 aromatic rings. The third kappa shape index (κ3) is 1.85. The van der Waals surface area contributed by atoms with E-state index in [4.69, 9.17) is 10.2 Å². The zero-order chi connectivity index (χ0) is 9.14. The molecule has 0 aliphatic rings. The number of rotatable bonds is 3. The van der Waals surface area contributed by atoms with E-state index in [0.29, 0.717) is 12.5 Å². The third-order valence-corrected chi connectivity index (χ3v) is 1.78. The Bertz CT molecular complexity index is 253. The molecular formula is C9H16N2O. The number of aryl methyl sites for hydroxylation is 1. The van der Waals surface area contributed by atoms with Gasteiger partial charge in [0.15, 0.2) is 5.89 Å². The molecular weight excluding hydrogens is 152 g/mol. The summed E-state index contributed by atoms with van der Waals surface area (Å²) >= 11 is 0. The second-order valence-electron chi connectivity index (χ2n) is 3.24.